The van der Waals surface area contributed by atoms with Crippen molar-refractivity contribution in [2.75, 3.05) is 26.7 Å². The van der Waals surface area contributed by atoms with Crippen LogP contribution in [0, 0.1) is 5.92 Å². The van der Waals surface area contributed by atoms with E-state index in [0.717, 1.165) is 0 Å². The second kappa shape index (κ2) is 7.63. The summed E-state index contributed by atoms with van der Waals surface area (Å²) in [5, 5.41) is 21.2. The Hall–Kier alpha value is -1.13. The summed E-state index contributed by atoms with van der Waals surface area (Å²) < 4.78 is 32.9. The quantitative estimate of drug-likeness (QED) is 0.636. The van der Waals surface area contributed by atoms with E-state index in [0.29, 0.717) is 30.8 Å². The topological polar surface area (TPSA) is 99.1 Å². The van der Waals surface area contributed by atoms with E-state index in [1.165, 1.54) is 13.2 Å². The molecule has 0 aromatic heterocycles. The molecule has 0 saturated carbocycles. The highest BCUT2D eigenvalue weighted by molar-refractivity contribution is 7.89. The van der Waals surface area contributed by atoms with Crippen LogP contribution in [0.3, 0.4) is 0 Å². The third-order valence-corrected chi connectivity index (χ3v) is 6.51. The number of rotatable bonds is 6. The van der Waals surface area contributed by atoms with Gasteiger partial charge in [-0.2, -0.15) is 0 Å². The average molecular weight is 370 g/mol. The number of methoxy groups -OCH3 is 1. The van der Waals surface area contributed by atoms with Crippen molar-refractivity contribution in [1.82, 2.24) is 9.53 Å². The Morgan fingerprint density at radius 1 is 1.48 bits per heavy atom. The zero-order valence-electron chi connectivity index (χ0n) is 15.2. The van der Waals surface area contributed by atoms with Gasteiger partial charge in [-0.05, 0) is 44.5 Å². The number of piperidine rings is 1. The van der Waals surface area contributed by atoms with Crippen molar-refractivity contribution in [1.29, 1.82) is 0 Å². The second-order valence-electron chi connectivity index (χ2n) is 6.57. The zero-order chi connectivity index (χ0) is 18.8. The molecule has 1 aliphatic rings. The molecule has 0 bridgehead atoms. The first-order valence-corrected chi connectivity index (χ1v) is 9.96. The summed E-state index contributed by atoms with van der Waals surface area (Å²) in [4.78, 5) is 1.92. The first-order chi connectivity index (χ1) is 11.7. The second-order valence-corrected chi connectivity index (χ2v) is 8.30. The third kappa shape index (κ3) is 4.01. The normalized spacial score (nSPS) is 25.0. The van der Waals surface area contributed by atoms with E-state index < -0.39 is 22.7 Å². The van der Waals surface area contributed by atoms with Crippen molar-refractivity contribution >= 4 is 17.1 Å². The highest BCUT2D eigenvalue weighted by Crippen LogP contribution is 2.41. The van der Waals surface area contributed by atoms with Gasteiger partial charge in [0.1, 0.15) is 5.75 Å². The number of hydrogen-bond acceptors (Lipinski definition) is 6. The Morgan fingerprint density at radius 2 is 2.16 bits per heavy atom. The summed E-state index contributed by atoms with van der Waals surface area (Å²) in [6.45, 7) is 6.45. The number of benzene rings is 1. The van der Waals surface area contributed by atoms with E-state index in [1.54, 1.807) is 25.9 Å². The highest BCUT2D eigenvalue weighted by Gasteiger charge is 2.44. The van der Waals surface area contributed by atoms with Crippen LogP contribution >= 0.6 is 0 Å². The molecule has 1 fully saturated rings. The number of sulfonamides is 1. The van der Waals surface area contributed by atoms with Crippen LogP contribution < -0.4 is 9.46 Å². The maximum Gasteiger partial charge on any atom is 0.376 e. The molecule has 140 valence electrons. The lowest BCUT2D eigenvalue weighted by molar-refractivity contribution is -0.0607. The standard InChI is InChI=1S/C16H27BN2O5S/c1-5-18-25(22,23)15-7-6-13(24-4)10-14(15)16(20)8-9-19(17(3)21)11-12(16)2/h6-7,10,12,18,20-21H,5,8-9,11H2,1-4H3. The minimum atomic E-state index is -3.74. The molecule has 0 radical (unpaired) electrons. The summed E-state index contributed by atoms with van der Waals surface area (Å²) in [5.41, 5.74) is -0.983. The number of ether oxygens (including phenoxy) is 1. The van der Waals surface area contributed by atoms with Gasteiger partial charge in [-0.1, -0.05) is 13.8 Å². The van der Waals surface area contributed by atoms with E-state index in [1.807, 2.05) is 11.7 Å². The number of aliphatic hydroxyl groups is 1. The van der Waals surface area contributed by atoms with Crippen LogP contribution in [0.25, 0.3) is 0 Å². The lowest BCUT2D eigenvalue weighted by atomic mass is 9.72. The van der Waals surface area contributed by atoms with Crippen molar-refractivity contribution in [3.8, 4) is 5.75 Å². The van der Waals surface area contributed by atoms with E-state index in [2.05, 4.69) is 4.72 Å². The summed E-state index contributed by atoms with van der Waals surface area (Å²) in [6.07, 6.45) is 0.320. The minimum absolute atomic E-state index is 0.0648. The molecule has 0 spiro atoms. The van der Waals surface area contributed by atoms with Gasteiger partial charge >= 0.3 is 7.05 Å². The van der Waals surface area contributed by atoms with Crippen LogP contribution in [-0.4, -0.2) is 57.2 Å². The molecule has 1 aromatic carbocycles. The van der Waals surface area contributed by atoms with Gasteiger partial charge in [0.05, 0.1) is 17.6 Å². The highest BCUT2D eigenvalue weighted by atomic mass is 32.2. The van der Waals surface area contributed by atoms with Crippen LogP contribution in [0.5, 0.6) is 5.75 Å². The van der Waals surface area contributed by atoms with Crippen molar-refractivity contribution in [2.45, 2.75) is 37.6 Å². The summed E-state index contributed by atoms with van der Waals surface area (Å²) >= 11 is 0. The van der Waals surface area contributed by atoms with Gasteiger partial charge in [0.25, 0.3) is 0 Å². The smallest absolute Gasteiger partial charge is 0.376 e. The summed E-state index contributed by atoms with van der Waals surface area (Å²) in [7, 11) is -2.84. The lowest BCUT2D eigenvalue weighted by Gasteiger charge is -2.44. The minimum Gasteiger partial charge on any atom is -0.497 e. The molecular formula is C16H27BN2O5S. The van der Waals surface area contributed by atoms with Gasteiger partial charge in [0.15, 0.2) is 0 Å². The van der Waals surface area contributed by atoms with E-state index >= 15 is 0 Å². The molecule has 1 heterocycles. The molecule has 1 aliphatic heterocycles. The van der Waals surface area contributed by atoms with Gasteiger partial charge in [-0.3, -0.25) is 0 Å². The molecule has 0 amide bonds. The predicted octanol–water partition coefficient (Wildman–Crippen LogP) is 0.633. The molecule has 2 rings (SSSR count). The molecular weight excluding hydrogens is 343 g/mol. The van der Waals surface area contributed by atoms with Gasteiger partial charge in [0.2, 0.25) is 10.0 Å². The SMILES string of the molecule is CCNS(=O)(=O)c1ccc(OC)cc1C1(O)CCN(B(C)O)CC1C. The fraction of sp³-hybridized carbons (Fsp3) is 0.625. The fourth-order valence-corrected chi connectivity index (χ4v) is 4.68. The van der Waals surface area contributed by atoms with Crippen molar-refractivity contribution in [3.05, 3.63) is 23.8 Å². The Balaban J connectivity index is 2.53. The third-order valence-electron chi connectivity index (χ3n) is 4.91. The summed E-state index contributed by atoms with van der Waals surface area (Å²) in [6, 6.07) is 4.64. The first kappa shape index (κ1) is 20.2. The molecule has 2 unspecified atom stereocenters. The zero-order valence-corrected chi connectivity index (χ0v) is 16.0. The van der Waals surface area contributed by atoms with Crippen LogP contribution in [0.1, 0.15) is 25.8 Å². The Kier molecular flexibility index (Phi) is 6.16. The molecule has 2 atom stereocenters. The van der Waals surface area contributed by atoms with Crippen LogP contribution in [0.15, 0.2) is 23.1 Å². The van der Waals surface area contributed by atoms with E-state index in [-0.39, 0.29) is 17.4 Å². The van der Waals surface area contributed by atoms with Crippen molar-refractivity contribution in [3.63, 3.8) is 0 Å². The molecule has 3 N–H and O–H groups in total. The summed E-state index contributed by atoms with van der Waals surface area (Å²) in [5.74, 6) is 0.225. The van der Waals surface area contributed by atoms with Crippen molar-refractivity contribution in [2.24, 2.45) is 5.92 Å². The lowest BCUT2D eigenvalue weighted by Crippen LogP contribution is -2.53. The molecule has 0 aliphatic carbocycles. The Labute approximate surface area is 150 Å². The van der Waals surface area contributed by atoms with Gasteiger partial charge < -0.3 is 19.7 Å². The fourth-order valence-electron chi connectivity index (χ4n) is 3.37. The van der Waals surface area contributed by atoms with Crippen molar-refractivity contribution < 1.29 is 23.3 Å². The molecule has 1 saturated heterocycles. The number of hydrogen-bond donors (Lipinski definition) is 3. The van der Waals surface area contributed by atoms with Gasteiger partial charge in [0, 0.05) is 18.0 Å². The van der Waals surface area contributed by atoms with E-state index in [9.17, 15) is 18.5 Å². The van der Waals surface area contributed by atoms with Crippen LogP contribution in [0.4, 0.5) is 0 Å². The molecule has 1 aromatic rings. The average Bonchev–Trinajstić information content (AvgIpc) is 2.56. The maximum atomic E-state index is 12.6. The first-order valence-electron chi connectivity index (χ1n) is 8.48. The predicted molar refractivity (Wildman–Crippen MR) is 96.9 cm³/mol. The number of nitrogens with zero attached hydrogens (tertiary/aromatic N) is 1. The molecule has 9 heteroatoms. The molecule has 25 heavy (non-hydrogen) atoms. The van der Waals surface area contributed by atoms with Crippen LogP contribution in [0.2, 0.25) is 6.82 Å². The van der Waals surface area contributed by atoms with E-state index in [4.69, 9.17) is 4.74 Å². The largest absolute Gasteiger partial charge is 0.497 e. The Morgan fingerprint density at radius 3 is 2.68 bits per heavy atom. The van der Waals surface area contributed by atoms with Gasteiger partial charge in [-0.15, -0.1) is 0 Å². The Bertz CT molecular complexity index is 712. The van der Waals surface area contributed by atoms with Gasteiger partial charge in [-0.25, -0.2) is 13.1 Å². The number of nitrogens with one attached hydrogen (secondary N) is 1. The molecule has 7 nitrogen and oxygen atoms in total. The van der Waals surface area contributed by atoms with Crippen LogP contribution in [-0.2, 0) is 15.6 Å². The monoisotopic (exact) mass is 370 g/mol. The maximum absolute atomic E-state index is 12.6.